The number of hydrogen-bond donors (Lipinski definition) is 1. The van der Waals surface area contributed by atoms with Crippen LogP contribution in [0.15, 0.2) is 24.4 Å². The van der Waals surface area contributed by atoms with Gasteiger partial charge >= 0.3 is 0 Å². The monoisotopic (exact) mass is 243 g/mol. The molecule has 1 heterocycles. The van der Waals surface area contributed by atoms with Gasteiger partial charge in [-0.3, -0.25) is 4.68 Å². The number of benzene rings is 1. The van der Waals surface area contributed by atoms with E-state index in [-0.39, 0.29) is 5.41 Å². The van der Waals surface area contributed by atoms with Crippen LogP contribution in [0.3, 0.4) is 0 Å². The van der Waals surface area contributed by atoms with E-state index >= 15 is 0 Å². The lowest BCUT2D eigenvalue weighted by Crippen LogP contribution is -2.11. The first kappa shape index (κ1) is 12.7. The maximum Gasteiger partial charge on any atom is 0.129 e. The van der Waals surface area contributed by atoms with E-state index < -0.39 is 0 Å². The van der Waals surface area contributed by atoms with Crippen molar-refractivity contribution < 1.29 is 0 Å². The van der Waals surface area contributed by atoms with Crippen molar-refractivity contribution in [2.75, 3.05) is 5.73 Å². The van der Waals surface area contributed by atoms with E-state index in [9.17, 15) is 0 Å². The van der Waals surface area contributed by atoms with Crippen molar-refractivity contribution in [1.29, 1.82) is 0 Å². The number of nitrogen functional groups attached to an aromatic ring is 1. The number of nitrogens with zero attached hydrogens (tertiary/aromatic N) is 2. The highest BCUT2D eigenvalue weighted by molar-refractivity contribution is 5.76. The normalized spacial score (nSPS) is 11.8. The van der Waals surface area contributed by atoms with Crippen LogP contribution in [-0.2, 0) is 12.5 Å². The fourth-order valence-electron chi connectivity index (χ4n) is 2.03. The summed E-state index contributed by atoms with van der Waals surface area (Å²) < 4.78 is 1.71. The third-order valence-corrected chi connectivity index (χ3v) is 3.38. The van der Waals surface area contributed by atoms with Gasteiger partial charge in [-0.05, 0) is 29.0 Å². The lowest BCUT2D eigenvalue weighted by molar-refractivity contribution is 0.590. The molecule has 0 aliphatic heterocycles. The van der Waals surface area contributed by atoms with Crippen LogP contribution >= 0.6 is 0 Å². The highest BCUT2D eigenvalue weighted by Crippen LogP contribution is 2.32. The Morgan fingerprint density at radius 1 is 1.17 bits per heavy atom. The molecule has 3 nitrogen and oxygen atoms in total. The molecule has 2 rings (SSSR count). The molecule has 18 heavy (non-hydrogen) atoms. The predicted molar refractivity (Wildman–Crippen MR) is 76.5 cm³/mol. The lowest BCUT2D eigenvalue weighted by Gasteiger charge is -2.20. The van der Waals surface area contributed by atoms with Crippen molar-refractivity contribution in [2.45, 2.75) is 33.1 Å². The molecule has 0 bridgehead atoms. The highest BCUT2D eigenvalue weighted by atomic mass is 15.3. The Kier molecular flexibility index (Phi) is 2.93. The minimum absolute atomic E-state index is 0.138. The van der Waals surface area contributed by atoms with Crippen molar-refractivity contribution in [3.8, 4) is 11.1 Å². The molecule has 0 amide bonds. The zero-order valence-corrected chi connectivity index (χ0v) is 11.8. The smallest absolute Gasteiger partial charge is 0.129 e. The second kappa shape index (κ2) is 4.16. The molecule has 96 valence electrons. The summed E-state index contributed by atoms with van der Waals surface area (Å²) in [5.41, 5.74) is 10.9. The largest absolute Gasteiger partial charge is 0.383 e. The summed E-state index contributed by atoms with van der Waals surface area (Å²) in [6.45, 7) is 8.75. The van der Waals surface area contributed by atoms with Gasteiger partial charge in [0, 0.05) is 12.6 Å². The molecule has 0 aliphatic carbocycles. The molecule has 3 heteroatoms. The molecule has 0 unspecified atom stereocenters. The molecule has 0 aliphatic rings. The molecule has 0 fully saturated rings. The molecule has 0 radical (unpaired) electrons. The first-order valence-corrected chi connectivity index (χ1v) is 6.19. The van der Waals surface area contributed by atoms with Gasteiger partial charge in [0.05, 0.1) is 6.20 Å². The number of nitrogens with two attached hydrogens (primary N) is 1. The summed E-state index contributed by atoms with van der Waals surface area (Å²) in [5, 5.41) is 4.22. The van der Waals surface area contributed by atoms with E-state index in [1.54, 1.807) is 4.68 Å². The predicted octanol–water partition coefficient (Wildman–Crippen LogP) is 3.28. The van der Waals surface area contributed by atoms with E-state index in [1.165, 1.54) is 16.7 Å². The zero-order valence-electron chi connectivity index (χ0n) is 11.8. The Morgan fingerprint density at radius 2 is 1.83 bits per heavy atom. The van der Waals surface area contributed by atoms with Gasteiger partial charge < -0.3 is 5.73 Å². The molecule has 2 aromatic rings. The molecule has 2 N–H and O–H groups in total. The zero-order chi connectivity index (χ0) is 13.5. The van der Waals surface area contributed by atoms with Gasteiger partial charge in [0.2, 0.25) is 0 Å². The lowest BCUT2D eigenvalue weighted by atomic mass is 9.84. The molecule has 0 saturated heterocycles. The van der Waals surface area contributed by atoms with Gasteiger partial charge in [-0.25, -0.2) is 0 Å². The maximum atomic E-state index is 6.06. The third-order valence-electron chi connectivity index (χ3n) is 3.38. The Labute approximate surface area is 109 Å². The van der Waals surface area contributed by atoms with E-state index in [0.717, 1.165) is 5.56 Å². The van der Waals surface area contributed by atoms with Crippen LogP contribution in [0.5, 0.6) is 0 Å². The standard InChI is InChI=1S/C15H21N3/c1-10-6-7-11(15(2,3)4)8-12(10)13-9-17-18(5)14(13)16/h6-9H,16H2,1-5H3. The van der Waals surface area contributed by atoms with Crippen LogP contribution in [0.1, 0.15) is 31.9 Å². The van der Waals surface area contributed by atoms with Crippen LogP contribution in [0.25, 0.3) is 11.1 Å². The molecule has 0 spiro atoms. The van der Waals surface area contributed by atoms with Crippen LogP contribution in [0.2, 0.25) is 0 Å². The summed E-state index contributed by atoms with van der Waals surface area (Å²) in [5.74, 6) is 0.712. The van der Waals surface area contributed by atoms with E-state index in [0.29, 0.717) is 5.82 Å². The molecule has 0 atom stereocenters. The molecule has 1 aromatic heterocycles. The Bertz CT molecular complexity index is 574. The van der Waals surface area contributed by atoms with Gasteiger partial charge in [0.25, 0.3) is 0 Å². The first-order chi connectivity index (χ1) is 8.30. The average Bonchev–Trinajstić information content (AvgIpc) is 2.59. The fourth-order valence-corrected chi connectivity index (χ4v) is 2.03. The molecule has 1 aromatic carbocycles. The second-order valence-corrected chi connectivity index (χ2v) is 5.85. The molecule has 0 saturated carbocycles. The van der Waals surface area contributed by atoms with Gasteiger partial charge in [-0.2, -0.15) is 5.10 Å². The average molecular weight is 243 g/mol. The van der Waals surface area contributed by atoms with Crippen molar-refractivity contribution in [1.82, 2.24) is 9.78 Å². The van der Waals surface area contributed by atoms with Crippen LogP contribution in [-0.4, -0.2) is 9.78 Å². The first-order valence-electron chi connectivity index (χ1n) is 6.19. The van der Waals surface area contributed by atoms with Gasteiger partial charge in [-0.15, -0.1) is 0 Å². The fraction of sp³-hybridized carbons (Fsp3) is 0.400. The van der Waals surface area contributed by atoms with Crippen LogP contribution in [0, 0.1) is 6.92 Å². The van der Waals surface area contributed by atoms with Crippen molar-refractivity contribution >= 4 is 5.82 Å². The van der Waals surface area contributed by atoms with Gasteiger partial charge in [0.1, 0.15) is 5.82 Å². The number of hydrogen-bond acceptors (Lipinski definition) is 2. The number of aryl methyl sites for hydroxylation is 2. The van der Waals surface area contributed by atoms with E-state index in [1.807, 2.05) is 13.2 Å². The Morgan fingerprint density at radius 3 is 2.33 bits per heavy atom. The number of rotatable bonds is 1. The van der Waals surface area contributed by atoms with Gasteiger partial charge in [-0.1, -0.05) is 39.0 Å². The van der Waals surface area contributed by atoms with Crippen LogP contribution in [0.4, 0.5) is 5.82 Å². The summed E-state index contributed by atoms with van der Waals surface area (Å²) in [6, 6.07) is 6.57. The van der Waals surface area contributed by atoms with Crippen LogP contribution < -0.4 is 5.73 Å². The number of anilines is 1. The summed E-state index contributed by atoms with van der Waals surface area (Å²) in [6.07, 6.45) is 1.84. The highest BCUT2D eigenvalue weighted by Gasteiger charge is 2.17. The Balaban J connectivity index is 2.61. The number of aromatic nitrogens is 2. The summed E-state index contributed by atoms with van der Waals surface area (Å²) >= 11 is 0. The minimum Gasteiger partial charge on any atom is -0.383 e. The second-order valence-electron chi connectivity index (χ2n) is 5.85. The molecular formula is C15H21N3. The van der Waals surface area contributed by atoms with E-state index in [4.69, 9.17) is 5.73 Å². The summed E-state index contributed by atoms with van der Waals surface area (Å²) in [7, 11) is 1.86. The SMILES string of the molecule is Cc1ccc(C(C)(C)C)cc1-c1cnn(C)c1N. The maximum absolute atomic E-state index is 6.06. The topological polar surface area (TPSA) is 43.8 Å². The molecular weight excluding hydrogens is 222 g/mol. The van der Waals surface area contributed by atoms with Gasteiger partial charge in [0.15, 0.2) is 0 Å². The van der Waals surface area contributed by atoms with Crippen molar-refractivity contribution in [2.24, 2.45) is 7.05 Å². The Hall–Kier alpha value is -1.77. The van der Waals surface area contributed by atoms with Crippen molar-refractivity contribution in [3.05, 3.63) is 35.5 Å². The quantitative estimate of drug-likeness (QED) is 0.835. The van der Waals surface area contributed by atoms with Crippen molar-refractivity contribution in [3.63, 3.8) is 0 Å². The summed E-state index contributed by atoms with van der Waals surface area (Å²) in [4.78, 5) is 0. The van der Waals surface area contributed by atoms with E-state index in [2.05, 4.69) is 51.0 Å². The third kappa shape index (κ3) is 2.13. The minimum atomic E-state index is 0.138.